The number of nitrogens with zero attached hydrogens (tertiary/aromatic N) is 1. The summed E-state index contributed by atoms with van der Waals surface area (Å²) < 4.78 is 26.5. The summed E-state index contributed by atoms with van der Waals surface area (Å²) in [5, 5.41) is 5.34. The second-order valence-electron chi connectivity index (χ2n) is 5.99. The van der Waals surface area contributed by atoms with Crippen LogP contribution >= 0.6 is 27.5 Å². The van der Waals surface area contributed by atoms with Crippen molar-refractivity contribution in [3.8, 4) is 0 Å². The van der Waals surface area contributed by atoms with Gasteiger partial charge in [0.2, 0.25) is 15.9 Å². The third-order valence-electron chi connectivity index (χ3n) is 3.72. The van der Waals surface area contributed by atoms with Crippen molar-refractivity contribution in [2.24, 2.45) is 0 Å². The highest BCUT2D eigenvalue weighted by Crippen LogP contribution is 2.24. The molecule has 0 heterocycles. The van der Waals surface area contributed by atoms with E-state index in [1.54, 1.807) is 24.3 Å². The van der Waals surface area contributed by atoms with Crippen LogP contribution in [0.1, 0.15) is 16.8 Å². The number of carbonyl (C=O) groups excluding carboxylic acids is 2. The maximum Gasteiger partial charge on any atom is 0.251 e. The SMILES string of the molecule is CN(C)S(=O)(=O)c1cc(C(=O)NCCC(=O)Nc2ccc(Br)cc2)ccc1Cl. The van der Waals surface area contributed by atoms with Crippen molar-refractivity contribution < 1.29 is 18.0 Å². The van der Waals surface area contributed by atoms with Crippen molar-refractivity contribution in [2.45, 2.75) is 11.3 Å². The van der Waals surface area contributed by atoms with Gasteiger partial charge >= 0.3 is 0 Å². The second kappa shape index (κ2) is 9.51. The lowest BCUT2D eigenvalue weighted by Crippen LogP contribution is -2.28. The van der Waals surface area contributed by atoms with Gasteiger partial charge in [-0.05, 0) is 42.5 Å². The van der Waals surface area contributed by atoms with Crippen molar-refractivity contribution >= 4 is 55.1 Å². The zero-order chi connectivity index (χ0) is 20.9. The normalized spacial score (nSPS) is 11.3. The molecule has 2 amide bonds. The molecule has 0 aromatic heterocycles. The highest BCUT2D eigenvalue weighted by Gasteiger charge is 2.22. The molecule has 0 aliphatic rings. The van der Waals surface area contributed by atoms with Gasteiger partial charge in [-0.3, -0.25) is 9.59 Å². The lowest BCUT2D eigenvalue weighted by molar-refractivity contribution is -0.116. The summed E-state index contributed by atoms with van der Waals surface area (Å²) in [7, 11) is -1.03. The number of halogens is 2. The number of sulfonamides is 1. The molecule has 2 aromatic carbocycles. The Balaban J connectivity index is 1.96. The van der Waals surface area contributed by atoms with Gasteiger partial charge < -0.3 is 10.6 Å². The van der Waals surface area contributed by atoms with E-state index in [4.69, 9.17) is 11.6 Å². The summed E-state index contributed by atoms with van der Waals surface area (Å²) in [5.74, 6) is -0.752. The van der Waals surface area contributed by atoms with Crippen LogP contribution < -0.4 is 10.6 Å². The first kappa shape index (κ1) is 22.4. The Bertz CT molecular complexity index is 979. The minimum Gasteiger partial charge on any atom is -0.352 e. The van der Waals surface area contributed by atoms with Gasteiger partial charge in [-0.25, -0.2) is 12.7 Å². The fraction of sp³-hybridized carbons (Fsp3) is 0.222. The molecule has 0 aliphatic heterocycles. The maximum absolute atomic E-state index is 12.3. The van der Waals surface area contributed by atoms with Crippen molar-refractivity contribution in [3.63, 3.8) is 0 Å². The lowest BCUT2D eigenvalue weighted by atomic mass is 10.2. The van der Waals surface area contributed by atoms with E-state index in [1.165, 1.54) is 32.3 Å². The molecule has 0 atom stereocenters. The molecule has 0 fully saturated rings. The van der Waals surface area contributed by atoms with Gasteiger partial charge in [0.25, 0.3) is 5.91 Å². The number of benzene rings is 2. The van der Waals surface area contributed by atoms with E-state index in [0.29, 0.717) is 5.69 Å². The van der Waals surface area contributed by atoms with Gasteiger partial charge in [-0.1, -0.05) is 27.5 Å². The van der Waals surface area contributed by atoms with Crippen LogP contribution in [0.3, 0.4) is 0 Å². The Kier molecular flexibility index (Phi) is 7.59. The van der Waals surface area contributed by atoms with E-state index in [-0.39, 0.29) is 34.4 Å². The van der Waals surface area contributed by atoms with Crippen LogP contribution in [0.5, 0.6) is 0 Å². The number of carbonyl (C=O) groups is 2. The van der Waals surface area contributed by atoms with Crippen LogP contribution in [0.4, 0.5) is 5.69 Å². The molecular formula is C18H19BrClN3O4S. The molecule has 0 bridgehead atoms. The molecule has 7 nitrogen and oxygen atoms in total. The molecule has 0 saturated heterocycles. The number of nitrogens with one attached hydrogen (secondary N) is 2. The average Bonchev–Trinajstić information content (AvgIpc) is 2.63. The lowest BCUT2D eigenvalue weighted by Gasteiger charge is -2.14. The maximum atomic E-state index is 12.3. The average molecular weight is 489 g/mol. The van der Waals surface area contributed by atoms with E-state index in [1.807, 2.05) is 0 Å². The third-order valence-corrected chi connectivity index (χ3v) is 6.54. The molecule has 28 heavy (non-hydrogen) atoms. The number of hydrogen-bond donors (Lipinski definition) is 2. The van der Waals surface area contributed by atoms with Crippen molar-refractivity contribution in [1.29, 1.82) is 0 Å². The smallest absolute Gasteiger partial charge is 0.251 e. The molecule has 2 N–H and O–H groups in total. The minimum absolute atomic E-state index is 0.0270. The van der Waals surface area contributed by atoms with Crippen LogP contribution in [0.15, 0.2) is 51.8 Å². The van der Waals surface area contributed by atoms with Gasteiger partial charge in [0.15, 0.2) is 0 Å². The van der Waals surface area contributed by atoms with Crippen LogP contribution in [-0.4, -0.2) is 45.2 Å². The fourth-order valence-electron chi connectivity index (χ4n) is 2.19. The summed E-state index contributed by atoms with van der Waals surface area (Å²) >= 11 is 9.28. The monoisotopic (exact) mass is 487 g/mol. The third kappa shape index (κ3) is 5.78. The predicted octanol–water partition coefficient (Wildman–Crippen LogP) is 3.11. The Labute approximate surface area is 177 Å². The van der Waals surface area contributed by atoms with Gasteiger partial charge in [-0.15, -0.1) is 0 Å². The Morgan fingerprint density at radius 3 is 2.36 bits per heavy atom. The molecule has 0 spiro atoms. The Morgan fingerprint density at radius 2 is 1.75 bits per heavy atom. The van der Waals surface area contributed by atoms with Crippen LogP contribution in [0, 0.1) is 0 Å². The largest absolute Gasteiger partial charge is 0.352 e. The van der Waals surface area contributed by atoms with Crippen LogP contribution in [0.25, 0.3) is 0 Å². The van der Waals surface area contributed by atoms with Gasteiger partial charge in [0, 0.05) is 42.8 Å². The summed E-state index contributed by atoms with van der Waals surface area (Å²) in [6, 6.07) is 11.1. The molecule has 150 valence electrons. The fourth-order valence-corrected chi connectivity index (χ4v) is 3.85. The first-order chi connectivity index (χ1) is 13.1. The highest BCUT2D eigenvalue weighted by molar-refractivity contribution is 9.10. The molecular weight excluding hydrogens is 470 g/mol. The topological polar surface area (TPSA) is 95.6 Å². The molecule has 2 rings (SSSR count). The highest BCUT2D eigenvalue weighted by atomic mass is 79.9. The van der Waals surface area contributed by atoms with Gasteiger partial charge in [0.05, 0.1) is 5.02 Å². The first-order valence-corrected chi connectivity index (χ1v) is 10.8. The molecule has 0 saturated carbocycles. The minimum atomic E-state index is -3.78. The number of anilines is 1. The quantitative estimate of drug-likeness (QED) is 0.626. The van der Waals surface area contributed by atoms with E-state index in [9.17, 15) is 18.0 Å². The summed E-state index contributed by atoms with van der Waals surface area (Å²) in [4.78, 5) is 24.1. The van der Waals surface area contributed by atoms with Gasteiger partial charge in [0.1, 0.15) is 4.90 Å². The molecule has 10 heteroatoms. The van der Waals surface area contributed by atoms with Crippen molar-refractivity contribution in [3.05, 3.63) is 57.5 Å². The summed E-state index contributed by atoms with van der Waals surface area (Å²) in [6.45, 7) is 0.0968. The number of amides is 2. The number of rotatable bonds is 7. The predicted molar refractivity (Wildman–Crippen MR) is 112 cm³/mol. The van der Waals surface area contributed by atoms with Crippen LogP contribution in [0.2, 0.25) is 5.02 Å². The van der Waals surface area contributed by atoms with E-state index < -0.39 is 15.9 Å². The van der Waals surface area contributed by atoms with Gasteiger partial charge in [-0.2, -0.15) is 0 Å². The van der Waals surface area contributed by atoms with E-state index in [2.05, 4.69) is 26.6 Å². The van der Waals surface area contributed by atoms with E-state index >= 15 is 0 Å². The first-order valence-electron chi connectivity index (χ1n) is 8.17. The zero-order valence-electron chi connectivity index (χ0n) is 15.2. The standard InChI is InChI=1S/C18H19BrClN3O4S/c1-23(2)28(26,27)16-11-12(3-8-15(16)20)18(25)21-10-9-17(24)22-14-6-4-13(19)5-7-14/h3-8,11H,9-10H2,1-2H3,(H,21,25)(H,22,24). The molecule has 2 aromatic rings. The van der Waals surface area contributed by atoms with Crippen LogP contribution in [-0.2, 0) is 14.8 Å². The molecule has 0 radical (unpaired) electrons. The number of hydrogen-bond acceptors (Lipinski definition) is 4. The Morgan fingerprint density at radius 1 is 1.11 bits per heavy atom. The summed E-state index contributed by atoms with van der Waals surface area (Å²) in [5.41, 5.74) is 0.786. The molecule has 0 unspecified atom stereocenters. The summed E-state index contributed by atoms with van der Waals surface area (Å²) in [6.07, 6.45) is 0.0677. The molecule has 0 aliphatic carbocycles. The second-order valence-corrected chi connectivity index (χ2v) is 9.44. The van der Waals surface area contributed by atoms with Crippen molar-refractivity contribution in [1.82, 2.24) is 9.62 Å². The van der Waals surface area contributed by atoms with Crippen molar-refractivity contribution in [2.75, 3.05) is 26.0 Å². The zero-order valence-corrected chi connectivity index (χ0v) is 18.4. The van der Waals surface area contributed by atoms with E-state index in [0.717, 1.165) is 8.78 Å². The Hall–Kier alpha value is -1.94.